The number of aromatic nitrogens is 2. The zero-order valence-electron chi connectivity index (χ0n) is 33.7. The summed E-state index contributed by atoms with van der Waals surface area (Å²) in [6, 6.07) is 20.1. The van der Waals surface area contributed by atoms with Crippen LogP contribution in [0.5, 0.6) is 11.5 Å². The minimum atomic E-state index is -0.463. The number of amides is 1. The zero-order valence-corrected chi connectivity index (χ0v) is 35.3. The number of H-pyrrole nitrogens is 1. The fraction of sp³-hybridized carbons (Fsp3) is 0.348. The molecule has 14 heteroatoms. The molecule has 0 unspecified atom stereocenters. The third-order valence-electron chi connectivity index (χ3n) is 11.7. The van der Waals surface area contributed by atoms with Gasteiger partial charge in [0.2, 0.25) is 0 Å². The van der Waals surface area contributed by atoms with E-state index in [0.29, 0.717) is 41.9 Å². The molecule has 5 aromatic rings. The number of carbonyl (C=O) groups excluding carboxylic acids is 1. The van der Waals surface area contributed by atoms with Crippen molar-refractivity contribution in [2.75, 3.05) is 44.7 Å². The molecule has 1 saturated heterocycles. The number of anilines is 1. The lowest BCUT2D eigenvalue weighted by Gasteiger charge is -2.36. The number of allylic oxidation sites excluding steroid dienone is 1. The van der Waals surface area contributed by atoms with Crippen LogP contribution in [-0.2, 0) is 4.74 Å². The molecule has 1 amide bonds. The molecule has 60 heavy (non-hydrogen) atoms. The van der Waals surface area contributed by atoms with E-state index in [1.165, 1.54) is 35.2 Å². The van der Waals surface area contributed by atoms with Crippen molar-refractivity contribution in [1.29, 1.82) is 0 Å². The number of rotatable bonds is 13. The highest BCUT2D eigenvalue weighted by molar-refractivity contribution is 7.98. The second kappa shape index (κ2) is 18.2. The summed E-state index contributed by atoms with van der Waals surface area (Å²) in [5.41, 5.74) is 7.41. The van der Waals surface area contributed by atoms with Crippen molar-refractivity contribution in [3.8, 4) is 11.5 Å². The summed E-state index contributed by atoms with van der Waals surface area (Å²) in [7, 11) is 0. The molecule has 1 fully saturated rings. The second-order valence-electron chi connectivity index (χ2n) is 16.6. The molecule has 3 aromatic carbocycles. The fourth-order valence-electron chi connectivity index (χ4n) is 8.22. The van der Waals surface area contributed by atoms with Crippen molar-refractivity contribution in [3.05, 3.63) is 128 Å². The van der Waals surface area contributed by atoms with Crippen LogP contribution in [0.1, 0.15) is 73.9 Å². The molecular formula is C46H48ClFN6O5S. The van der Waals surface area contributed by atoms with Gasteiger partial charge in [-0.15, -0.1) is 0 Å². The van der Waals surface area contributed by atoms with Gasteiger partial charge in [0.15, 0.2) is 0 Å². The van der Waals surface area contributed by atoms with Crippen molar-refractivity contribution in [1.82, 2.24) is 19.6 Å². The Bertz CT molecular complexity index is 2460. The molecule has 8 rings (SSSR count). The second-order valence-corrected chi connectivity index (χ2v) is 17.9. The lowest BCUT2D eigenvalue weighted by molar-refractivity contribution is -0.384. The van der Waals surface area contributed by atoms with Crippen LogP contribution in [0.4, 0.5) is 15.8 Å². The summed E-state index contributed by atoms with van der Waals surface area (Å²) in [5.74, 6) is -0.00651. The first-order chi connectivity index (χ1) is 29.0. The Hall–Kier alpha value is -5.21. The fourth-order valence-corrected chi connectivity index (χ4v) is 8.97. The number of hydrogen-bond acceptors (Lipinski definition) is 9. The summed E-state index contributed by atoms with van der Waals surface area (Å²) in [4.78, 5) is 35.5. The maximum Gasteiger partial charge on any atom is 0.293 e. The van der Waals surface area contributed by atoms with Crippen LogP contribution < -0.4 is 14.8 Å². The Morgan fingerprint density at radius 2 is 1.90 bits per heavy atom. The average Bonchev–Trinajstić information content (AvgIpc) is 3.62. The van der Waals surface area contributed by atoms with E-state index in [-0.39, 0.29) is 33.6 Å². The van der Waals surface area contributed by atoms with Gasteiger partial charge in [-0.2, -0.15) is 0 Å². The highest BCUT2D eigenvalue weighted by atomic mass is 35.5. The monoisotopic (exact) mass is 850 g/mol. The first kappa shape index (κ1) is 41.5. The van der Waals surface area contributed by atoms with Gasteiger partial charge < -0.3 is 19.8 Å². The molecule has 0 saturated carbocycles. The lowest BCUT2D eigenvalue weighted by atomic mass is 9.72. The predicted molar refractivity (Wildman–Crippen MR) is 236 cm³/mol. The Morgan fingerprint density at radius 3 is 2.67 bits per heavy atom. The minimum Gasteiger partial charge on any atom is -0.455 e. The largest absolute Gasteiger partial charge is 0.455 e. The number of halogens is 2. The van der Waals surface area contributed by atoms with Crippen LogP contribution in [-0.4, -0.2) is 65.1 Å². The Labute approximate surface area is 358 Å². The summed E-state index contributed by atoms with van der Waals surface area (Å²) in [6.45, 7) is 9.22. The van der Waals surface area contributed by atoms with Crippen molar-refractivity contribution >= 4 is 63.0 Å². The number of pyridine rings is 1. The van der Waals surface area contributed by atoms with Gasteiger partial charge in [-0.25, -0.2) is 9.37 Å². The molecule has 0 radical (unpaired) electrons. The number of aromatic amines is 1. The number of nitrogens with zero attached hydrogens (tertiary/aromatic N) is 3. The lowest BCUT2D eigenvalue weighted by Crippen LogP contribution is -2.32. The van der Waals surface area contributed by atoms with Crippen LogP contribution >= 0.6 is 23.5 Å². The van der Waals surface area contributed by atoms with Gasteiger partial charge >= 0.3 is 0 Å². The first-order valence-electron chi connectivity index (χ1n) is 20.4. The molecule has 2 aromatic heterocycles. The van der Waals surface area contributed by atoms with E-state index in [2.05, 4.69) is 57.0 Å². The van der Waals surface area contributed by atoms with E-state index in [4.69, 9.17) is 21.1 Å². The third-order valence-corrected chi connectivity index (χ3v) is 12.7. The van der Waals surface area contributed by atoms with Crippen molar-refractivity contribution in [2.24, 2.45) is 11.3 Å². The number of fused-ring (bicyclic) bond motifs is 1. The summed E-state index contributed by atoms with van der Waals surface area (Å²) in [5, 5.41) is 16.3. The van der Waals surface area contributed by atoms with Gasteiger partial charge in [0.05, 0.1) is 22.1 Å². The zero-order chi connectivity index (χ0) is 41.8. The minimum absolute atomic E-state index is 0.0738. The molecule has 0 bridgehead atoms. The van der Waals surface area contributed by atoms with E-state index in [0.717, 1.165) is 86.3 Å². The Morgan fingerprint density at radius 1 is 1.10 bits per heavy atom. The molecular weight excluding hydrogens is 803 g/mol. The highest BCUT2D eigenvalue weighted by Crippen LogP contribution is 2.44. The molecule has 1 aliphatic carbocycles. The summed E-state index contributed by atoms with van der Waals surface area (Å²) >= 11 is 7.22. The molecule has 3 N–H and O–H groups in total. The molecule has 3 aliphatic rings. The quantitative estimate of drug-likeness (QED) is 0.0601. The number of carbonyl (C=O) groups is 1. The van der Waals surface area contributed by atoms with Crippen molar-refractivity contribution in [3.63, 3.8) is 0 Å². The Balaban J connectivity index is 1.00. The van der Waals surface area contributed by atoms with E-state index >= 15 is 0 Å². The van der Waals surface area contributed by atoms with Crippen LogP contribution in [0.15, 0.2) is 95.7 Å². The Kier molecular flexibility index (Phi) is 12.6. The maximum absolute atomic E-state index is 14.5. The van der Waals surface area contributed by atoms with Gasteiger partial charge in [0.1, 0.15) is 28.7 Å². The number of ether oxygens (including phenoxy) is 2. The maximum atomic E-state index is 14.5. The van der Waals surface area contributed by atoms with Crippen molar-refractivity contribution in [2.45, 2.75) is 57.3 Å². The molecule has 2 aliphatic heterocycles. The number of nitrogens with one attached hydrogen (secondary N) is 3. The van der Waals surface area contributed by atoms with Gasteiger partial charge in [-0.05, 0) is 127 Å². The number of hydrogen-bond donors (Lipinski definition) is 3. The van der Waals surface area contributed by atoms with Crippen LogP contribution in [0.3, 0.4) is 0 Å². The number of nitro benzene ring substituents is 1. The van der Waals surface area contributed by atoms with Crippen LogP contribution in [0.2, 0.25) is 5.02 Å². The standard InChI is InChI=1S/C46H48ClFN6O5S/c1-46(2)16-11-33(39(24-46)31-3-6-34(47)7-4-31)28-53-17-12-30(13-18-53)32-5-9-37(43(21-32)59-35-22-38-40(48)27-51-44(38)50-26-35)45(55)52-60-36-8-10-41(42(23-36)54(56)57)49-25-29-14-19-58-20-15-29/h3-10,12,21-23,26-27,29,49H,11,13-20,24-25,28H2,1-2H3,(H,50,51)(H,52,55). The number of nitro groups is 1. The van der Waals surface area contributed by atoms with Gasteiger partial charge in [0, 0.05) is 61.6 Å². The van der Waals surface area contributed by atoms with Crippen LogP contribution in [0.25, 0.3) is 22.2 Å². The van der Waals surface area contributed by atoms with Crippen LogP contribution in [0, 0.1) is 27.3 Å². The van der Waals surface area contributed by atoms with E-state index in [9.17, 15) is 19.3 Å². The third kappa shape index (κ3) is 9.87. The predicted octanol–water partition coefficient (Wildman–Crippen LogP) is 11.1. The van der Waals surface area contributed by atoms with E-state index < -0.39 is 16.6 Å². The average molecular weight is 851 g/mol. The topological polar surface area (TPSA) is 135 Å². The van der Waals surface area contributed by atoms with Gasteiger partial charge in [0.25, 0.3) is 11.6 Å². The van der Waals surface area contributed by atoms with E-state index in [1.807, 2.05) is 24.3 Å². The molecule has 11 nitrogen and oxygen atoms in total. The molecule has 0 spiro atoms. The van der Waals surface area contributed by atoms with Gasteiger partial charge in [-0.3, -0.25) is 24.5 Å². The molecule has 4 heterocycles. The molecule has 0 atom stereocenters. The summed E-state index contributed by atoms with van der Waals surface area (Å²) < 4.78 is 29.1. The van der Waals surface area contributed by atoms with Gasteiger partial charge in [-0.1, -0.05) is 55.3 Å². The number of benzene rings is 3. The smallest absolute Gasteiger partial charge is 0.293 e. The van der Waals surface area contributed by atoms with Crippen molar-refractivity contribution < 1.29 is 23.6 Å². The SMILES string of the molecule is CC1(C)CCC(CN2CC=C(c3ccc(C(=O)NSc4ccc(NCC5CCOCC5)c([N+](=O)[O-])c4)c(Oc4cnc5[nH]cc(F)c5c4)c3)CC2)=C(c2ccc(Cl)cc2)C1. The normalized spacial score (nSPS) is 17.4. The summed E-state index contributed by atoms with van der Waals surface area (Å²) in [6.07, 6.45) is 10.8. The first-order valence-corrected chi connectivity index (χ1v) is 21.6. The molecule has 312 valence electrons. The highest BCUT2D eigenvalue weighted by Gasteiger charge is 2.29. The van der Waals surface area contributed by atoms with E-state index in [1.54, 1.807) is 24.3 Å².